The van der Waals surface area contributed by atoms with E-state index in [1.165, 1.54) is 12.8 Å². The summed E-state index contributed by atoms with van der Waals surface area (Å²) in [6.07, 6.45) is 4.27. The van der Waals surface area contributed by atoms with E-state index >= 15 is 0 Å². The second-order valence-electron chi connectivity index (χ2n) is 5.19. The summed E-state index contributed by atoms with van der Waals surface area (Å²) in [7, 11) is 0. The molecule has 4 heteroatoms. The van der Waals surface area contributed by atoms with E-state index in [-0.39, 0.29) is 6.04 Å². The topological polar surface area (TPSA) is 56.7 Å². The van der Waals surface area contributed by atoms with Gasteiger partial charge in [-0.25, -0.2) is 9.97 Å². The smallest absolute Gasteiger partial charge is 0.160 e. The molecule has 2 aromatic rings. The van der Waals surface area contributed by atoms with Gasteiger partial charge in [0.1, 0.15) is 11.3 Å². The summed E-state index contributed by atoms with van der Waals surface area (Å²) in [5.41, 5.74) is 8.21. The van der Waals surface area contributed by atoms with Gasteiger partial charge in [0.25, 0.3) is 0 Å². The van der Waals surface area contributed by atoms with E-state index in [0.717, 1.165) is 17.0 Å². The second kappa shape index (κ2) is 3.81. The van der Waals surface area contributed by atoms with E-state index in [9.17, 15) is 0 Å². The number of imidazole rings is 1. The Bertz CT molecular complexity index is 539. The van der Waals surface area contributed by atoms with E-state index in [1.54, 1.807) is 0 Å². The van der Waals surface area contributed by atoms with Crippen molar-refractivity contribution < 1.29 is 0 Å². The fraction of sp³-hybridized carbons (Fsp3) is 0.538. The lowest BCUT2D eigenvalue weighted by molar-refractivity contribution is 0.470. The van der Waals surface area contributed by atoms with Crippen LogP contribution in [0.5, 0.6) is 0 Å². The van der Waals surface area contributed by atoms with Crippen molar-refractivity contribution in [2.24, 2.45) is 11.7 Å². The number of hydrogen-bond donors (Lipinski definition) is 1. The van der Waals surface area contributed by atoms with Crippen molar-refractivity contribution in [3.8, 4) is 0 Å². The van der Waals surface area contributed by atoms with Gasteiger partial charge in [-0.05, 0) is 30.9 Å². The molecule has 1 atom stereocenters. The van der Waals surface area contributed by atoms with Crippen LogP contribution in [-0.4, -0.2) is 14.5 Å². The Labute approximate surface area is 101 Å². The minimum Gasteiger partial charge on any atom is -0.321 e. The molecule has 90 valence electrons. The van der Waals surface area contributed by atoms with Crippen molar-refractivity contribution in [2.45, 2.75) is 38.8 Å². The molecule has 1 aliphatic carbocycles. The molecule has 0 aliphatic heterocycles. The van der Waals surface area contributed by atoms with Crippen molar-refractivity contribution >= 4 is 11.2 Å². The minimum atomic E-state index is -0.00944. The van der Waals surface area contributed by atoms with Crippen LogP contribution in [0.4, 0.5) is 0 Å². The van der Waals surface area contributed by atoms with Crippen LogP contribution in [0.2, 0.25) is 0 Å². The highest BCUT2D eigenvalue weighted by atomic mass is 15.2. The highest BCUT2D eigenvalue weighted by Crippen LogP contribution is 2.39. The van der Waals surface area contributed by atoms with Crippen molar-refractivity contribution in [3.63, 3.8) is 0 Å². The van der Waals surface area contributed by atoms with E-state index < -0.39 is 0 Å². The zero-order chi connectivity index (χ0) is 12.0. The maximum absolute atomic E-state index is 6.26. The summed E-state index contributed by atoms with van der Waals surface area (Å²) >= 11 is 0. The highest BCUT2D eigenvalue weighted by Gasteiger charge is 2.31. The fourth-order valence-corrected chi connectivity index (χ4v) is 2.17. The highest BCUT2D eigenvalue weighted by molar-refractivity contribution is 5.71. The van der Waals surface area contributed by atoms with E-state index in [0.29, 0.717) is 12.0 Å². The molecule has 17 heavy (non-hydrogen) atoms. The van der Waals surface area contributed by atoms with Crippen LogP contribution < -0.4 is 5.73 Å². The van der Waals surface area contributed by atoms with Crippen LogP contribution in [0.15, 0.2) is 18.3 Å². The van der Waals surface area contributed by atoms with Gasteiger partial charge in [0, 0.05) is 12.2 Å². The fourth-order valence-electron chi connectivity index (χ4n) is 2.17. The zero-order valence-electron chi connectivity index (χ0n) is 10.3. The lowest BCUT2D eigenvalue weighted by Crippen LogP contribution is -2.21. The number of aromatic nitrogens is 3. The molecule has 0 spiro atoms. The summed E-state index contributed by atoms with van der Waals surface area (Å²) in [6.45, 7) is 4.27. The average Bonchev–Trinajstić information content (AvgIpc) is 3.08. The maximum Gasteiger partial charge on any atom is 0.160 e. The molecular formula is C13H18N4. The predicted molar refractivity (Wildman–Crippen MR) is 67.6 cm³/mol. The van der Waals surface area contributed by atoms with Crippen molar-refractivity contribution in [2.75, 3.05) is 0 Å². The Morgan fingerprint density at radius 1 is 1.41 bits per heavy atom. The Hall–Kier alpha value is -1.42. The summed E-state index contributed by atoms with van der Waals surface area (Å²) in [5, 5.41) is 0. The maximum atomic E-state index is 6.26. The summed E-state index contributed by atoms with van der Waals surface area (Å²) in [4.78, 5) is 9.12. The van der Waals surface area contributed by atoms with Gasteiger partial charge in [-0.3, -0.25) is 0 Å². The molecule has 0 radical (unpaired) electrons. The molecule has 1 aliphatic rings. The van der Waals surface area contributed by atoms with Crippen LogP contribution >= 0.6 is 0 Å². The normalized spacial score (nSPS) is 17.9. The second-order valence-corrected chi connectivity index (χ2v) is 5.19. The molecule has 1 saturated carbocycles. The number of fused-ring (bicyclic) bond motifs is 1. The van der Waals surface area contributed by atoms with Gasteiger partial charge in [-0.1, -0.05) is 13.8 Å². The van der Waals surface area contributed by atoms with Crippen molar-refractivity contribution in [3.05, 3.63) is 24.2 Å². The predicted octanol–water partition coefficient (Wildman–Crippen LogP) is 2.42. The number of nitrogens with zero attached hydrogens (tertiary/aromatic N) is 3. The summed E-state index contributed by atoms with van der Waals surface area (Å²) < 4.78 is 2.25. The van der Waals surface area contributed by atoms with Gasteiger partial charge in [0.15, 0.2) is 5.65 Å². The molecule has 0 unspecified atom stereocenters. The molecule has 0 aromatic carbocycles. The molecule has 2 N–H and O–H groups in total. The molecule has 3 rings (SSSR count). The molecular weight excluding hydrogens is 212 g/mol. The number of rotatable bonds is 3. The third-order valence-corrected chi connectivity index (χ3v) is 3.40. The molecule has 0 saturated heterocycles. The first-order chi connectivity index (χ1) is 8.18. The largest absolute Gasteiger partial charge is 0.321 e. The zero-order valence-corrected chi connectivity index (χ0v) is 10.3. The van der Waals surface area contributed by atoms with Crippen LogP contribution in [0.1, 0.15) is 44.6 Å². The Morgan fingerprint density at radius 2 is 2.18 bits per heavy atom. The molecule has 2 heterocycles. The van der Waals surface area contributed by atoms with E-state index in [4.69, 9.17) is 5.73 Å². The molecule has 0 bridgehead atoms. The van der Waals surface area contributed by atoms with E-state index in [1.807, 2.05) is 18.3 Å². The molecule has 2 aromatic heterocycles. The van der Waals surface area contributed by atoms with Crippen LogP contribution in [-0.2, 0) is 0 Å². The Balaban J connectivity index is 2.19. The standard InChI is InChI=1S/C13H18N4/c1-8(2)11(14)13-16-10-4-3-7-15-12(10)17(13)9-5-6-9/h3-4,7-9,11H,5-6,14H2,1-2H3/t11-/m1/s1. The van der Waals surface area contributed by atoms with Gasteiger partial charge < -0.3 is 10.3 Å². The summed E-state index contributed by atoms with van der Waals surface area (Å²) in [5.74, 6) is 1.39. The SMILES string of the molecule is CC(C)[C@@H](N)c1nc2cccnc2n1C1CC1. The molecule has 4 nitrogen and oxygen atoms in total. The monoisotopic (exact) mass is 230 g/mol. The first kappa shape index (κ1) is 10.7. The third kappa shape index (κ3) is 1.72. The van der Waals surface area contributed by atoms with Gasteiger partial charge in [0.2, 0.25) is 0 Å². The van der Waals surface area contributed by atoms with Crippen molar-refractivity contribution in [1.82, 2.24) is 14.5 Å². The quantitative estimate of drug-likeness (QED) is 0.881. The van der Waals surface area contributed by atoms with Gasteiger partial charge in [0.05, 0.1) is 6.04 Å². The lowest BCUT2D eigenvalue weighted by Gasteiger charge is -2.16. The third-order valence-electron chi connectivity index (χ3n) is 3.40. The van der Waals surface area contributed by atoms with Gasteiger partial charge in [-0.2, -0.15) is 0 Å². The van der Waals surface area contributed by atoms with Gasteiger partial charge >= 0.3 is 0 Å². The number of hydrogen-bond acceptors (Lipinski definition) is 3. The Kier molecular flexibility index (Phi) is 2.40. The average molecular weight is 230 g/mol. The minimum absolute atomic E-state index is 0.00944. The lowest BCUT2D eigenvalue weighted by atomic mass is 10.1. The number of nitrogens with two attached hydrogens (primary N) is 1. The van der Waals surface area contributed by atoms with Gasteiger partial charge in [-0.15, -0.1) is 0 Å². The Morgan fingerprint density at radius 3 is 2.82 bits per heavy atom. The molecule has 0 amide bonds. The molecule has 1 fully saturated rings. The van der Waals surface area contributed by atoms with Crippen molar-refractivity contribution in [1.29, 1.82) is 0 Å². The number of pyridine rings is 1. The van der Waals surface area contributed by atoms with Crippen LogP contribution in [0, 0.1) is 5.92 Å². The first-order valence-corrected chi connectivity index (χ1v) is 6.27. The van der Waals surface area contributed by atoms with Crippen LogP contribution in [0.25, 0.3) is 11.2 Å². The van der Waals surface area contributed by atoms with E-state index in [2.05, 4.69) is 28.4 Å². The summed E-state index contributed by atoms with van der Waals surface area (Å²) in [6, 6.07) is 4.49. The van der Waals surface area contributed by atoms with Crippen LogP contribution in [0.3, 0.4) is 0 Å². The first-order valence-electron chi connectivity index (χ1n) is 6.27.